The quantitative estimate of drug-likeness (QED) is 0.659. The first-order valence-corrected chi connectivity index (χ1v) is 7.79. The van der Waals surface area contributed by atoms with E-state index in [4.69, 9.17) is 0 Å². The third kappa shape index (κ3) is 4.86. The van der Waals surface area contributed by atoms with E-state index in [1.54, 1.807) is 12.1 Å². The monoisotopic (exact) mass is 416 g/mol. The average molecular weight is 416 g/mol. The number of alkyl halides is 6. The Labute approximate surface area is 158 Å². The van der Waals surface area contributed by atoms with Crippen LogP contribution in [0.15, 0.2) is 42.9 Å². The van der Waals surface area contributed by atoms with E-state index in [0.717, 1.165) is 6.20 Å². The van der Waals surface area contributed by atoms with Gasteiger partial charge in [0.05, 0.1) is 29.7 Å². The molecule has 3 aromatic heterocycles. The van der Waals surface area contributed by atoms with Crippen LogP contribution in [0, 0.1) is 0 Å². The van der Waals surface area contributed by atoms with Crippen molar-refractivity contribution in [3.8, 4) is 0 Å². The lowest BCUT2D eigenvalue weighted by Gasteiger charge is -2.09. The summed E-state index contributed by atoms with van der Waals surface area (Å²) in [7, 11) is 0. The van der Waals surface area contributed by atoms with Gasteiger partial charge in [-0.3, -0.25) is 14.8 Å². The van der Waals surface area contributed by atoms with Gasteiger partial charge < -0.3 is 5.32 Å². The van der Waals surface area contributed by atoms with E-state index in [0.29, 0.717) is 5.69 Å². The van der Waals surface area contributed by atoms with Gasteiger partial charge in [-0.25, -0.2) is 4.68 Å². The maximum Gasteiger partial charge on any atom is 0.453 e. The van der Waals surface area contributed by atoms with Gasteiger partial charge in [0.2, 0.25) is 5.82 Å². The Kier molecular flexibility index (Phi) is 5.22. The highest BCUT2D eigenvalue weighted by molar-refractivity contribution is 6.03. The number of anilines is 1. The van der Waals surface area contributed by atoms with Gasteiger partial charge in [0.1, 0.15) is 0 Å². The Morgan fingerprint density at radius 1 is 1.03 bits per heavy atom. The molecule has 3 aromatic rings. The van der Waals surface area contributed by atoms with Crippen LogP contribution < -0.4 is 5.32 Å². The largest absolute Gasteiger partial charge is 0.453 e. The molecule has 3 heterocycles. The molecule has 1 amide bonds. The lowest BCUT2D eigenvalue weighted by Crippen LogP contribution is -2.17. The van der Waals surface area contributed by atoms with E-state index in [9.17, 15) is 31.1 Å². The fraction of sp³-hybridized carbons (Fsp3) is 0.188. The van der Waals surface area contributed by atoms with Crippen LogP contribution in [0.2, 0.25) is 0 Å². The molecule has 0 saturated heterocycles. The van der Waals surface area contributed by atoms with Crippen LogP contribution in [0.4, 0.5) is 32.0 Å². The SMILES string of the molecule is O=C(Nc1cccnc1)c1ccc(Cn2nc(C(F)(F)F)nc2C(F)(F)F)nc1. The van der Waals surface area contributed by atoms with Crippen LogP contribution in [-0.2, 0) is 18.9 Å². The fourth-order valence-electron chi connectivity index (χ4n) is 2.23. The highest BCUT2D eigenvalue weighted by Crippen LogP contribution is 2.32. The van der Waals surface area contributed by atoms with Crippen molar-refractivity contribution in [3.05, 3.63) is 65.8 Å². The van der Waals surface area contributed by atoms with Gasteiger partial charge in [0, 0.05) is 12.4 Å². The molecule has 0 saturated carbocycles. The van der Waals surface area contributed by atoms with Gasteiger partial charge in [-0.2, -0.15) is 31.3 Å². The predicted molar refractivity (Wildman–Crippen MR) is 85.6 cm³/mol. The van der Waals surface area contributed by atoms with E-state index in [1.165, 1.54) is 24.5 Å². The van der Waals surface area contributed by atoms with E-state index < -0.39 is 36.5 Å². The molecule has 0 spiro atoms. The normalized spacial score (nSPS) is 12.1. The van der Waals surface area contributed by atoms with Crippen LogP contribution in [-0.4, -0.2) is 30.6 Å². The molecular weight excluding hydrogens is 406 g/mol. The zero-order valence-corrected chi connectivity index (χ0v) is 14.2. The predicted octanol–water partition coefficient (Wildman–Crippen LogP) is 3.41. The lowest BCUT2D eigenvalue weighted by atomic mass is 10.2. The first kappa shape index (κ1) is 20.2. The minimum Gasteiger partial charge on any atom is -0.321 e. The highest BCUT2D eigenvalue weighted by Gasteiger charge is 2.44. The number of nitrogens with zero attached hydrogens (tertiary/aromatic N) is 5. The number of pyridine rings is 2. The molecule has 0 unspecified atom stereocenters. The number of aromatic nitrogens is 5. The van der Waals surface area contributed by atoms with Crippen molar-refractivity contribution in [1.29, 1.82) is 0 Å². The number of halogens is 6. The smallest absolute Gasteiger partial charge is 0.321 e. The van der Waals surface area contributed by atoms with Crippen LogP contribution in [0.3, 0.4) is 0 Å². The molecule has 7 nitrogen and oxygen atoms in total. The average Bonchev–Trinajstić information content (AvgIpc) is 3.08. The summed E-state index contributed by atoms with van der Waals surface area (Å²) in [5, 5.41) is 5.42. The molecule has 3 rings (SSSR count). The summed E-state index contributed by atoms with van der Waals surface area (Å²) in [6.07, 6.45) is -6.28. The van der Waals surface area contributed by atoms with Crippen LogP contribution in [0.25, 0.3) is 0 Å². The summed E-state index contributed by atoms with van der Waals surface area (Å²) < 4.78 is 76.9. The van der Waals surface area contributed by atoms with E-state index in [1.807, 2.05) is 0 Å². The first-order chi connectivity index (χ1) is 13.5. The van der Waals surface area contributed by atoms with E-state index in [2.05, 4.69) is 25.4 Å². The first-order valence-electron chi connectivity index (χ1n) is 7.79. The molecule has 0 bridgehead atoms. The van der Waals surface area contributed by atoms with Crippen molar-refractivity contribution in [2.45, 2.75) is 18.9 Å². The number of hydrogen-bond donors (Lipinski definition) is 1. The van der Waals surface area contributed by atoms with Crippen molar-refractivity contribution < 1.29 is 31.1 Å². The molecule has 0 atom stereocenters. The second kappa shape index (κ2) is 7.48. The van der Waals surface area contributed by atoms with Crippen molar-refractivity contribution >= 4 is 11.6 Å². The van der Waals surface area contributed by atoms with Crippen molar-refractivity contribution in [2.75, 3.05) is 5.32 Å². The zero-order valence-electron chi connectivity index (χ0n) is 14.2. The molecule has 0 aliphatic carbocycles. The van der Waals surface area contributed by atoms with Gasteiger partial charge in [0.15, 0.2) is 0 Å². The molecule has 0 aromatic carbocycles. The summed E-state index contributed by atoms with van der Waals surface area (Å²) in [6, 6.07) is 5.66. The molecule has 13 heteroatoms. The number of nitrogens with one attached hydrogen (secondary N) is 1. The summed E-state index contributed by atoms with van der Waals surface area (Å²) in [4.78, 5) is 22.3. The Bertz CT molecular complexity index is 997. The Hall–Kier alpha value is -3.51. The molecule has 1 N–H and O–H groups in total. The molecular formula is C16H10F6N6O. The number of carbonyl (C=O) groups is 1. The van der Waals surface area contributed by atoms with Gasteiger partial charge in [-0.05, 0) is 24.3 Å². The minimum atomic E-state index is -5.14. The summed E-state index contributed by atoms with van der Waals surface area (Å²) in [6.45, 7) is -0.720. The topological polar surface area (TPSA) is 85.6 Å². The number of carbonyl (C=O) groups excluding carboxylic acids is 1. The van der Waals surface area contributed by atoms with Gasteiger partial charge in [0.25, 0.3) is 11.7 Å². The Balaban J connectivity index is 1.79. The molecule has 29 heavy (non-hydrogen) atoms. The molecule has 0 fully saturated rings. The second-order valence-electron chi connectivity index (χ2n) is 5.65. The summed E-state index contributed by atoms with van der Waals surface area (Å²) in [5.41, 5.74) is 0.453. The highest BCUT2D eigenvalue weighted by atomic mass is 19.4. The fourth-order valence-corrected chi connectivity index (χ4v) is 2.23. The zero-order chi connectivity index (χ0) is 21.2. The van der Waals surface area contributed by atoms with E-state index in [-0.39, 0.29) is 15.9 Å². The van der Waals surface area contributed by atoms with Crippen molar-refractivity contribution in [3.63, 3.8) is 0 Å². The third-order valence-electron chi connectivity index (χ3n) is 3.50. The molecule has 0 aliphatic heterocycles. The maximum atomic E-state index is 13.0. The maximum absolute atomic E-state index is 13.0. The van der Waals surface area contributed by atoms with Crippen molar-refractivity contribution in [1.82, 2.24) is 24.7 Å². The molecule has 152 valence electrons. The van der Waals surface area contributed by atoms with Crippen LogP contribution in [0.1, 0.15) is 27.7 Å². The van der Waals surface area contributed by atoms with Gasteiger partial charge >= 0.3 is 12.4 Å². The van der Waals surface area contributed by atoms with E-state index >= 15 is 0 Å². The second-order valence-corrected chi connectivity index (χ2v) is 5.65. The van der Waals surface area contributed by atoms with Crippen LogP contribution in [0.5, 0.6) is 0 Å². The number of amides is 1. The van der Waals surface area contributed by atoms with Gasteiger partial charge in [-0.1, -0.05) is 0 Å². The molecule has 0 aliphatic rings. The van der Waals surface area contributed by atoms with Crippen LogP contribution >= 0.6 is 0 Å². The van der Waals surface area contributed by atoms with Crippen molar-refractivity contribution in [2.24, 2.45) is 0 Å². The Morgan fingerprint density at radius 2 is 1.79 bits per heavy atom. The third-order valence-corrected chi connectivity index (χ3v) is 3.50. The molecule has 0 radical (unpaired) electrons. The number of rotatable bonds is 4. The van der Waals surface area contributed by atoms with Gasteiger partial charge in [-0.15, -0.1) is 5.10 Å². The number of hydrogen-bond acceptors (Lipinski definition) is 5. The summed E-state index contributed by atoms with van der Waals surface area (Å²) >= 11 is 0. The Morgan fingerprint density at radius 3 is 2.34 bits per heavy atom. The standard InChI is InChI=1S/C16H10F6N6O/c17-15(18,19)13-26-14(16(20,21)22)28(27-13)8-11-4-3-9(6-24-11)12(29)25-10-2-1-5-23-7-10/h1-7H,8H2,(H,25,29). The minimum absolute atomic E-state index is 0.0490. The summed E-state index contributed by atoms with van der Waals surface area (Å²) in [5.74, 6) is -4.25. The lowest BCUT2D eigenvalue weighted by molar-refractivity contribution is -0.150.